The van der Waals surface area contributed by atoms with Crippen LogP contribution in [0.15, 0.2) is 28.8 Å². The SMILES string of the molecule is Cc1cc(NC(=O)[C@@H](C)NC(=O)COc2ccc(Cl)cc2Cl)no1. The number of hydrogen-bond acceptors (Lipinski definition) is 5. The quantitative estimate of drug-likeness (QED) is 0.813. The lowest BCUT2D eigenvalue weighted by atomic mass is 10.3. The number of halogens is 2. The van der Waals surface area contributed by atoms with Gasteiger partial charge in [-0.25, -0.2) is 0 Å². The van der Waals surface area contributed by atoms with Crippen molar-refractivity contribution in [2.45, 2.75) is 19.9 Å². The van der Waals surface area contributed by atoms with Crippen LogP contribution in [0.5, 0.6) is 5.75 Å². The topological polar surface area (TPSA) is 93.5 Å². The largest absolute Gasteiger partial charge is 0.482 e. The summed E-state index contributed by atoms with van der Waals surface area (Å²) < 4.78 is 10.1. The van der Waals surface area contributed by atoms with Gasteiger partial charge in [-0.05, 0) is 32.0 Å². The number of carbonyl (C=O) groups is 2. The van der Waals surface area contributed by atoms with Gasteiger partial charge in [0.1, 0.15) is 17.6 Å². The van der Waals surface area contributed by atoms with E-state index >= 15 is 0 Å². The molecule has 0 radical (unpaired) electrons. The summed E-state index contributed by atoms with van der Waals surface area (Å²) in [6.07, 6.45) is 0. The number of amides is 2. The summed E-state index contributed by atoms with van der Waals surface area (Å²) in [5.74, 6) is 0.269. The second kappa shape index (κ2) is 8.03. The Bertz CT molecular complexity index is 748. The van der Waals surface area contributed by atoms with Gasteiger partial charge >= 0.3 is 0 Å². The molecule has 0 spiro atoms. The maximum atomic E-state index is 11.9. The minimum absolute atomic E-state index is 0.280. The van der Waals surface area contributed by atoms with Gasteiger partial charge in [0, 0.05) is 11.1 Å². The van der Waals surface area contributed by atoms with Crippen LogP contribution in [-0.2, 0) is 9.59 Å². The first kappa shape index (κ1) is 18.1. The Hall–Kier alpha value is -2.25. The molecule has 0 bridgehead atoms. The minimum Gasteiger partial charge on any atom is -0.482 e. The molecule has 128 valence electrons. The molecule has 1 atom stereocenters. The molecule has 9 heteroatoms. The van der Waals surface area contributed by atoms with E-state index in [0.717, 1.165) is 0 Å². The van der Waals surface area contributed by atoms with Crippen molar-refractivity contribution in [1.29, 1.82) is 0 Å². The summed E-state index contributed by atoms with van der Waals surface area (Å²) in [4.78, 5) is 23.8. The van der Waals surface area contributed by atoms with Gasteiger partial charge in [-0.2, -0.15) is 0 Å². The van der Waals surface area contributed by atoms with Crippen LogP contribution < -0.4 is 15.4 Å². The number of nitrogens with zero attached hydrogens (tertiary/aromatic N) is 1. The lowest BCUT2D eigenvalue weighted by Crippen LogP contribution is -2.43. The maximum Gasteiger partial charge on any atom is 0.258 e. The van der Waals surface area contributed by atoms with Gasteiger partial charge in [0.05, 0.1) is 5.02 Å². The molecule has 0 aliphatic heterocycles. The van der Waals surface area contributed by atoms with E-state index in [4.69, 9.17) is 32.5 Å². The molecule has 0 saturated heterocycles. The molecule has 7 nitrogen and oxygen atoms in total. The summed E-state index contributed by atoms with van der Waals surface area (Å²) >= 11 is 11.7. The number of ether oxygens (including phenoxy) is 1. The fraction of sp³-hybridized carbons (Fsp3) is 0.267. The molecule has 24 heavy (non-hydrogen) atoms. The molecule has 0 saturated carbocycles. The average molecular weight is 372 g/mol. The van der Waals surface area contributed by atoms with E-state index in [2.05, 4.69) is 15.8 Å². The van der Waals surface area contributed by atoms with Crippen LogP contribution in [0.3, 0.4) is 0 Å². The van der Waals surface area contributed by atoms with E-state index in [1.54, 1.807) is 25.1 Å². The van der Waals surface area contributed by atoms with Crippen LogP contribution in [-0.4, -0.2) is 29.6 Å². The Morgan fingerprint density at radius 2 is 2.08 bits per heavy atom. The van der Waals surface area contributed by atoms with Crippen LogP contribution in [0.2, 0.25) is 10.0 Å². The predicted molar refractivity (Wildman–Crippen MR) is 89.4 cm³/mol. The van der Waals surface area contributed by atoms with Crippen LogP contribution in [0.25, 0.3) is 0 Å². The van der Waals surface area contributed by atoms with Gasteiger partial charge < -0.3 is 19.9 Å². The van der Waals surface area contributed by atoms with Crippen LogP contribution in [0.1, 0.15) is 12.7 Å². The van der Waals surface area contributed by atoms with Crippen molar-refractivity contribution in [3.05, 3.63) is 40.1 Å². The van der Waals surface area contributed by atoms with Crippen molar-refractivity contribution in [2.24, 2.45) is 0 Å². The molecule has 2 rings (SSSR count). The molecule has 0 fully saturated rings. The number of nitrogens with one attached hydrogen (secondary N) is 2. The Balaban J connectivity index is 1.81. The molecular weight excluding hydrogens is 357 g/mol. The summed E-state index contributed by atoms with van der Waals surface area (Å²) in [6, 6.07) is 5.45. The maximum absolute atomic E-state index is 11.9. The monoisotopic (exact) mass is 371 g/mol. The number of rotatable bonds is 6. The summed E-state index contributed by atoms with van der Waals surface area (Å²) in [7, 11) is 0. The summed E-state index contributed by atoms with van der Waals surface area (Å²) in [6.45, 7) is 2.95. The Labute approximate surface area is 148 Å². The molecule has 1 heterocycles. The number of benzene rings is 1. The highest BCUT2D eigenvalue weighted by Gasteiger charge is 2.17. The fourth-order valence-corrected chi connectivity index (χ4v) is 2.21. The zero-order valence-corrected chi connectivity index (χ0v) is 14.4. The van der Waals surface area contributed by atoms with Crippen molar-refractivity contribution < 1.29 is 18.8 Å². The predicted octanol–water partition coefficient (Wildman–Crippen LogP) is 2.81. The number of hydrogen-bond donors (Lipinski definition) is 2. The zero-order chi connectivity index (χ0) is 17.7. The van der Waals surface area contributed by atoms with E-state index in [-0.39, 0.29) is 12.4 Å². The summed E-state index contributed by atoms with van der Waals surface area (Å²) in [5, 5.41) is 9.42. The number of aryl methyl sites for hydroxylation is 1. The lowest BCUT2D eigenvalue weighted by Gasteiger charge is -2.13. The molecule has 0 aliphatic rings. The normalized spacial score (nSPS) is 11.7. The third kappa shape index (κ3) is 5.14. The van der Waals surface area contributed by atoms with Crippen molar-refractivity contribution in [3.8, 4) is 5.75 Å². The lowest BCUT2D eigenvalue weighted by molar-refractivity contribution is -0.127. The highest BCUT2D eigenvalue weighted by molar-refractivity contribution is 6.35. The Kier molecular flexibility index (Phi) is 6.05. The van der Waals surface area contributed by atoms with E-state index in [1.807, 2.05) is 0 Å². The minimum atomic E-state index is -0.779. The first-order valence-corrected chi connectivity index (χ1v) is 7.72. The van der Waals surface area contributed by atoms with E-state index in [1.165, 1.54) is 13.0 Å². The molecule has 1 aromatic heterocycles. The van der Waals surface area contributed by atoms with Crippen molar-refractivity contribution >= 4 is 40.8 Å². The smallest absolute Gasteiger partial charge is 0.258 e. The molecule has 2 aromatic rings. The molecule has 2 amide bonds. The molecule has 2 N–H and O–H groups in total. The van der Waals surface area contributed by atoms with Gasteiger partial charge in [0.2, 0.25) is 5.91 Å². The van der Waals surface area contributed by atoms with Gasteiger partial charge in [0.25, 0.3) is 5.91 Å². The summed E-state index contributed by atoms with van der Waals surface area (Å²) in [5.41, 5.74) is 0. The van der Waals surface area contributed by atoms with E-state index < -0.39 is 17.9 Å². The molecule has 0 aliphatic carbocycles. The standard InChI is InChI=1S/C15H15Cl2N3O4/c1-8-5-13(20-24-8)19-15(22)9(2)18-14(21)7-23-12-4-3-10(16)6-11(12)17/h3-6,9H,7H2,1-2H3,(H,18,21)(H,19,20,22)/t9-/m1/s1. The van der Waals surface area contributed by atoms with E-state index in [9.17, 15) is 9.59 Å². The molecular formula is C15H15Cl2N3O4. The second-order valence-electron chi connectivity index (χ2n) is 4.96. The first-order valence-electron chi connectivity index (χ1n) is 6.96. The third-order valence-electron chi connectivity index (χ3n) is 2.90. The first-order chi connectivity index (χ1) is 11.3. The highest BCUT2D eigenvalue weighted by Crippen LogP contribution is 2.27. The number of aromatic nitrogens is 1. The fourth-order valence-electron chi connectivity index (χ4n) is 1.74. The Morgan fingerprint density at radius 3 is 2.71 bits per heavy atom. The van der Waals surface area contributed by atoms with Crippen LogP contribution >= 0.6 is 23.2 Å². The van der Waals surface area contributed by atoms with Crippen LogP contribution in [0.4, 0.5) is 5.82 Å². The Morgan fingerprint density at radius 1 is 1.33 bits per heavy atom. The van der Waals surface area contributed by atoms with Crippen molar-refractivity contribution in [2.75, 3.05) is 11.9 Å². The second-order valence-corrected chi connectivity index (χ2v) is 5.81. The van der Waals surface area contributed by atoms with Gasteiger partial charge in [-0.15, -0.1) is 0 Å². The number of carbonyl (C=O) groups excluding carboxylic acids is 2. The molecule has 1 aromatic carbocycles. The van der Waals surface area contributed by atoms with Gasteiger partial charge in [0.15, 0.2) is 12.4 Å². The zero-order valence-electron chi connectivity index (χ0n) is 12.9. The molecule has 0 unspecified atom stereocenters. The average Bonchev–Trinajstić information content (AvgIpc) is 2.91. The van der Waals surface area contributed by atoms with E-state index in [0.29, 0.717) is 21.6 Å². The van der Waals surface area contributed by atoms with Gasteiger partial charge in [-0.3, -0.25) is 9.59 Å². The highest BCUT2D eigenvalue weighted by atomic mass is 35.5. The van der Waals surface area contributed by atoms with Crippen molar-refractivity contribution in [3.63, 3.8) is 0 Å². The number of anilines is 1. The van der Waals surface area contributed by atoms with Crippen LogP contribution in [0, 0.1) is 6.92 Å². The van der Waals surface area contributed by atoms with Gasteiger partial charge in [-0.1, -0.05) is 28.4 Å². The third-order valence-corrected chi connectivity index (χ3v) is 3.43. The van der Waals surface area contributed by atoms with Crippen molar-refractivity contribution in [1.82, 2.24) is 10.5 Å².